The van der Waals surface area contributed by atoms with Gasteiger partial charge in [-0.25, -0.2) is 8.42 Å². The number of rotatable bonds is 4. The molecule has 6 heteroatoms. The van der Waals surface area contributed by atoms with Crippen LogP contribution < -0.4 is 9.46 Å². The zero-order valence-electron chi connectivity index (χ0n) is 11.9. The molecule has 3 rings (SSSR count). The summed E-state index contributed by atoms with van der Waals surface area (Å²) >= 11 is 0. The summed E-state index contributed by atoms with van der Waals surface area (Å²) in [6.45, 7) is 0. The van der Waals surface area contributed by atoms with Crippen LogP contribution in [-0.4, -0.2) is 20.5 Å². The van der Waals surface area contributed by atoms with Crippen LogP contribution in [0, 0.1) is 0 Å². The third-order valence-corrected chi connectivity index (χ3v) is 4.69. The molecule has 1 heterocycles. The molecule has 1 N–H and O–H groups in total. The van der Waals surface area contributed by atoms with Crippen molar-refractivity contribution in [3.05, 3.63) is 60.9 Å². The first kappa shape index (κ1) is 14.3. The number of anilines is 1. The standard InChI is InChI=1S/C16H14N2O3S/c1-21-14-6-3-5-13(10-14)18-22(19,20)16-7-2-4-12-11-17-9-8-15(12)16/h2-11,18H,1H3. The van der Waals surface area contributed by atoms with Gasteiger partial charge in [-0.3, -0.25) is 9.71 Å². The van der Waals surface area contributed by atoms with E-state index in [0.29, 0.717) is 16.8 Å². The van der Waals surface area contributed by atoms with E-state index in [9.17, 15) is 8.42 Å². The summed E-state index contributed by atoms with van der Waals surface area (Å²) in [6.07, 6.45) is 3.22. The van der Waals surface area contributed by atoms with Crippen LogP contribution in [0.3, 0.4) is 0 Å². The highest BCUT2D eigenvalue weighted by Crippen LogP contribution is 2.25. The van der Waals surface area contributed by atoms with Gasteiger partial charge in [0.1, 0.15) is 5.75 Å². The Hall–Kier alpha value is -2.60. The third-order valence-electron chi connectivity index (χ3n) is 3.25. The normalized spacial score (nSPS) is 11.3. The van der Waals surface area contributed by atoms with Crippen molar-refractivity contribution in [2.45, 2.75) is 4.90 Å². The highest BCUT2D eigenvalue weighted by Gasteiger charge is 2.17. The van der Waals surface area contributed by atoms with E-state index in [1.807, 2.05) is 6.07 Å². The predicted molar refractivity (Wildman–Crippen MR) is 85.5 cm³/mol. The molecule has 0 bridgehead atoms. The molecule has 112 valence electrons. The van der Waals surface area contributed by atoms with Crippen LogP contribution in [0.2, 0.25) is 0 Å². The van der Waals surface area contributed by atoms with Crippen molar-refractivity contribution in [1.29, 1.82) is 0 Å². The minimum Gasteiger partial charge on any atom is -0.497 e. The summed E-state index contributed by atoms with van der Waals surface area (Å²) in [4.78, 5) is 4.23. The van der Waals surface area contributed by atoms with Crippen molar-refractivity contribution in [2.24, 2.45) is 0 Å². The molecule has 0 unspecified atom stereocenters. The molecule has 1 aromatic heterocycles. The Balaban J connectivity index is 2.05. The number of hydrogen-bond acceptors (Lipinski definition) is 4. The Morgan fingerprint density at radius 3 is 2.73 bits per heavy atom. The predicted octanol–water partition coefficient (Wildman–Crippen LogP) is 3.04. The van der Waals surface area contributed by atoms with Crippen LogP contribution in [0.15, 0.2) is 65.8 Å². The second kappa shape index (κ2) is 5.65. The van der Waals surface area contributed by atoms with Crippen LogP contribution in [0.5, 0.6) is 5.75 Å². The van der Waals surface area contributed by atoms with Gasteiger partial charge in [0, 0.05) is 29.2 Å². The summed E-state index contributed by atoms with van der Waals surface area (Å²) < 4.78 is 33.0. The Labute approximate surface area is 128 Å². The van der Waals surface area contributed by atoms with Gasteiger partial charge in [0.2, 0.25) is 0 Å². The smallest absolute Gasteiger partial charge is 0.262 e. The Bertz CT molecular complexity index is 918. The molecule has 0 amide bonds. The van der Waals surface area contributed by atoms with E-state index in [1.165, 1.54) is 7.11 Å². The molecule has 0 fully saturated rings. The molecular formula is C16H14N2O3S. The largest absolute Gasteiger partial charge is 0.497 e. The molecule has 0 aliphatic heterocycles. The Morgan fingerprint density at radius 1 is 1.09 bits per heavy atom. The van der Waals surface area contributed by atoms with Crippen LogP contribution in [0.25, 0.3) is 10.8 Å². The first-order valence-corrected chi connectivity index (χ1v) is 8.08. The number of nitrogens with zero attached hydrogens (tertiary/aromatic N) is 1. The zero-order valence-corrected chi connectivity index (χ0v) is 12.7. The average Bonchev–Trinajstić information content (AvgIpc) is 2.54. The fourth-order valence-electron chi connectivity index (χ4n) is 2.22. The summed E-state index contributed by atoms with van der Waals surface area (Å²) in [5, 5.41) is 1.41. The number of aromatic nitrogens is 1. The maximum Gasteiger partial charge on any atom is 0.262 e. The van der Waals surface area contributed by atoms with E-state index < -0.39 is 10.0 Å². The van der Waals surface area contributed by atoms with Crippen molar-refractivity contribution in [2.75, 3.05) is 11.8 Å². The molecule has 0 radical (unpaired) electrons. The van der Waals surface area contributed by atoms with E-state index in [4.69, 9.17) is 4.74 Å². The monoisotopic (exact) mass is 314 g/mol. The maximum atomic E-state index is 12.6. The van der Waals surface area contributed by atoms with Crippen LogP contribution in [0.4, 0.5) is 5.69 Å². The minimum absolute atomic E-state index is 0.218. The molecule has 5 nitrogen and oxygen atoms in total. The van der Waals surface area contributed by atoms with Gasteiger partial charge in [0.15, 0.2) is 0 Å². The average molecular weight is 314 g/mol. The van der Waals surface area contributed by atoms with Gasteiger partial charge in [0.05, 0.1) is 17.7 Å². The topological polar surface area (TPSA) is 68.3 Å². The van der Waals surface area contributed by atoms with Gasteiger partial charge in [0.25, 0.3) is 10.0 Å². The fraction of sp³-hybridized carbons (Fsp3) is 0.0625. The molecule has 22 heavy (non-hydrogen) atoms. The van der Waals surface area contributed by atoms with Gasteiger partial charge in [-0.1, -0.05) is 18.2 Å². The summed E-state index contributed by atoms with van der Waals surface area (Å²) in [5.41, 5.74) is 0.449. The Morgan fingerprint density at radius 2 is 1.91 bits per heavy atom. The van der Waals surface area contributed by atoms with Crippen LogP contribution in [-0.2, 0) is 10.0 Å². The SMILES string of the molecule is COc1cccc(NS(=O)(=O)c2cccc3cnccc23)c1. The van der Waals surface area contributed by atoms with Crippen molar-refractivity contribution in [3.63, 3.8) is 0 Å². The van der Waals surface area contributed by atoms with Gasteiger partial charge >= 0.3 is 0 Å². The fourth-order valence-corrected chi connectivity index (χ4v) is 3.50. The first-order chi connectivity index (χ1) is 10.6. The maximum absolute atomic E-state index is 12.6. The van der Waals surface area contributed by atoms with E-state index in [-0.39, 0.29) is 4.90 Å². The summed E-state index contributed by atoms with van der Waals surface area (Å²) in [6, 6.07) is 13.6. The van der Waals surface area contributed by atoms with Gasteiger partial charge in [-0.2, -0.15) is 0 Å². The third kappa shape index (κ3) is 2.73. The summed E-state index contributed by atoms with van der Waals surface area (Å²) in [5.74, 6) is 0.585. The lowest BCUT2D eigenvalue weighted by atomic mass is 10.2. The van der Waals surface area contributed by atoms with Crippen molar-refractivity contribution >= 4 is 26.5 Å². The number of benzene rings is 2. The highest BCUT2D eigenvalue weighted by atomic mass is 32.2. The molecule has 0 spiro atoms. The van der Waals surface area contributed by atoms with Crippen molar-refractivity contribution < 1.29 is 13.2 Å². The van der Waals surface area contributed by atoms with E-state index in [2.05, 4.69) is 9.71 Å². The number of hydrogen-bond donors (Lipinski definition) is 1. The number of pyridine rings is 1. The lowest BCUT2D eigenvalue weighted by molar-refractivity contribution is 0.415. The van der Waals surface area contributed by atoms with Gasteiger partial charge in [-0.05, 0) is 24.3 Å². The molecule has 0 saturated carbocycles. The Kier molecular flexibility index (Phi) is 3.68. The van der Waals surface area contributed by atoms with Crippen molar-refractivity contribution in [3.8, 4) is 5.75 Å². The molecule has 0 atom stereocenters. The van der Waals surface area contributed by atoms with E-state index in [0.717, 1.165) is 5.39 Å². The number of sulfonamides is 1. The van der Waals surface area contributed by atoms with Crippen molar-refractivity contribution in [1.82, 2.24) is 4.98 Å². The van der Waals surface area contributed by atoms with Gasteiger partial charge < -0.3 is 4.74 Å². The lowest BCUT2D eigenvalue weighted by Gasteiger charge is -2.11. The molecule has 0 aliphatic carbocycles. The number of ether oxygens (including phenoxy) is 1. The van der Waals surface area contributed by atoms with Crippen LogP contribution in [0.1, 0.15) is 0 Å². The minimum atomic E-state index is -3.70. The number of nitrogens with one attached hydrogen (secondary N) is 1. The molecule has 0 saturated heterocycles. The lowest BCUT2D eigenvalue weighted by Crippen LogP contribution is -2.13. The molecule has 2 aromatic carbocycles. The zero-order chi connectivity index (χ0) is 15.6. The van der Waals surface area contributed by atoms with E-state index >= 15 is 0 Å². The second-order valence-corrected chi connectivity index (χ2v) is 6.34. The highest BCUT2D eigenvalue weighted by molar-refractivity contribution is 7.93. The number of fused-ring (bicyclic) bond motifs is 1. The first-order valence-electron chi connectivity index (χ1n) is 6.60. The van der Waals surface area contributed by atoms with E-state index in [1.54, 1.807) is 54.9 Å². The molecular weight excluding hydrogens is 300 g/mol. The molecule has 0 aliphatic rings. The van der Waals surface area contributed by atoms with Gasteiger partial charge in [-0.15, -0.1) is 0 Å². The summed E-state index contributed by atoms with van der Waals surface area (Å²) in [7, 11) is -2.17. The number of methoxy groups -OCH3 is 1. The molecule has 3 aromatic rings. The quantitative estimate of drug-likeness (QED) is 0.803. The second-order valence-electron chi connectivity index (χ2n) is 4.69. The van der Waals surface area contributed by atoms with Crippen LogP contribution >= 0.6 is 0 Å².